The van der Waals surface area contributed by atoms with Gasteiger partial charge in [-0.1, -0.05) is 29.4 Å². The van der Waals surface area contributed by atoms with Crippen molar-refractivity contribution in [3.63, 3.8) is 0 Å². The zero-order valence-corrected chi connectivity index (χ0v) is 26.0. The van der Waals surface area contributed by atoms with Crippen molar-refractivity contribution < 1.29 is 30.5 Å². The predicted octanol–water partition coefficient (Wildman–Crippen LogP) is 7.62. The average molecular weight is 651 g/mol. The highest BCUT2D eigenvalue weighted by Gasteiger charge is 2.31. The van der Waals surface area contributed by atoms with E-state index in [0.717, 1.165) is 42.5 Å². The molecule has 5 rings (SSSR count). The number of rotatable bonds is 11. The zero-order chi connectivity index (χ0) is 30.7. The molecular weight excluding hydrogens is 621 g/mol. The number of thioether (sulfide) groups is 1. The van der Waals surface area contributed by atoms with Crippen LogP contribution in [0.4, 0.5) is 13.2 Å². The van der Waals surface area contributed by atoms with Gasteiger partial charge in [0.2, 0.25) is 0 Å². The van der Waals surface area contributed by atoms with Gasteiger partial charge in [0.05, 0.1) is 36.4 Å². The molecule has 0 fully saturated rings. The number of imidazole rings is 1. The Labute approximate surface area is 258 Å². The molecule has 43 heavy (non-hydrogen) atoms. The van der Waals surface area contributed by atoms with E-state index in [2.05, 4.69) is 0 Å². The third-order valence-electron chi connectivity index (χ3n) is 7.31. The number of ether oxygens (including phenoxy) is 1. The highest BCUT2D eigenvalue weighted by molar-refractivity contribution is 7.98. The maximum absolute atomic E-state index is 15.1. The van der Waals surface area contributed by atoms with E-state index in [-0.39, 0.29) is 36.1 Å². The van der Waals surface area contributed by atoms with E-state index < -0.39 is 21.8 Å². The van der Waals surface area contributed by atoms with Crippen molar-refractivity contribution in [1.82, 2.24) is 9.55 Å². The van der Waals surface area contributed by atoms with Gasteiger partial charge in [-0.25, -0.2) is 18.2 Å². The molecule has 1 aromatic heterocycles. The molecule has 0 amide bonds. The van der Waals surface area contributed by atoms with E-state index in [1.165, 1.54) is 36.0 Å². The molecule has 1 aliphatic carbocycles. The second kappa shape index (κ2) is 13.3. The quantitative estimate of drug-likeness (QED) is 0.0945. The van der Waals surface area contributed by atoms with Gasteiger partial charge in [0.1, 0.15) is 23.2 Å². The first-order chi connectivity index (χ1) is 20.5. The first-order valence-electron chi connectivity index (χ1n) is 13.7. The Kier molecular flexibility index (Phi) is 9.75. The van der Waals surface area contributed by atoms with Crippen LogP contribution in [0.2, 0.25) is 5.02 Å². The summed E-state index contributed by atoms with van der Waals surface area (Å²) in [5.74, 6) is -1.28. The fraction of sp³-hybridized carbons (Fsp3) is 0.323. The molecule has 0 saturated carbocycles. The average Bonchev–Trinajstić information content (AvgIpc) is 3.34. The van der Waals surface area contributed by atoms with Crippen LogP contribution in [-0.4, -0.2) is 37.9 Å². The lowest BCUT2D eigenvalue weighted by Crippen LogP contribution is -2.15. The van der Waals surface area contributed by atoms with E-state index in [4.69, 9.17) is 25.5 Å². The lowest BCUT2D eigenvalue weighted by Gasteiger charge is -2.26. The van der Waals surface area contributed by atoms with Crippen molar-refractivity contribution in [2.45, 2.75) is 48.9 Å². The Hall–Kier alpha value is -2.99. The van der Waals surface area contributed by atoms with Crippen LogP contribution in [0.15, 0.2) is 59.8 Å². The summed E-state index contributed by atoms with van der Waals surface area (Å²) in [5, 5.41) is 1.05. The predicted molar refractivity (Wildman–Crippen MR) is 161 cm³/mol. The molecule has 1 aliphatic rings. The number of hydrogen-bond acceptors (Lipinski definition) is 6. The first-order valence-corrected chi connectivity index (χ1v) is 16.9. The SMILES string of the molecule is COc1cc(C2CCCc3nc(SCc4c(F)cc(CCCOS(C)(=O)=O)cc4F)n(-c4ccc(F)cc4)c32)ccc1Cl. The Morgan fingerprint density at radius 3 is 2.47 bits per heavy atom. The van der Waals surface area contributed by atoms with Crippen LogP contribution >= 0.6 is 23.4 Å². The van der Waals surface area contributed by atoms with E-state index in [1.807, 2.05) is 16.7 Å². The minimum absolute atomic E-state index is 0.0222. The Balaban J connectivity index is 1.45. The number of aryl methyl sites for hydroxylation is 2. The number of hydrogen-bond donors (Lipinski definition) is 0. The number of benzene rings is 3. The van der Waals surface area contributed by atoms with Crippen LogP contribution in [0.25, 0.3) is 5.69 Å². The third-order valence-corrected chi connectivity index (χ3v) is 9.18. The maximum Gasteiger partial charge on any atom is 0.264 e. The minimum atomic E-state index is -3.58. The molecule has 0 aliphatic heterocycles. The smallest absolute Gasteiger partial charge is 0.264 e. The Morgan fingerprint density at radius 2 is 1.79 bits per heavy atom. The van der Waals surface area contributed by atoms with Crippen LogP contribution in [0.1, 0.15) is 53.3 Å². The normalized spacial score (nSPS) is 15.0. The molecule has 1 heterocycles. The van der Waals surface area contributed by atoms with Crippen molar-refractivity contribution in [3.05, 3.63) is 105 Å². The first kappa shape index (κ1) is 31.4. The van der Waals surface area contributed by atoms with Gasteiger partial charge in [0.15, 0.2) is 5.16 Å². The fourth-order valence-corrected chi connectivity index (χ4v) is 6.99. The summed E-state index contributed by atoms with van der Waals surface area (Å²) in [6.45, 7) is -0.0693. The molecule has 6 nitrogen and oxygen atoms in total. The molecule has 0 N–H and O–H groups in total. The molecule has 0 radical (unpaired) electrons. The largest absolute Gasteiger partial charge is 0.495 e. The summed E-state index contributed by atoms with van der Waals surface area (Å²) in [6, 6.07) is 14.3. The third kappa shape index (κ3) is 7.39. The summed E-state index contributed by atoms with van der Waals surface area (Å²) in [4.78, 5) is 4.91. The second-order valence-corrected chi connectivity index (χ2v) is 13.3. The fourth-order valence-electron chi connectivity index (χ4n) is 5.32. The molecular formula is C31H30ClF3N2O4S2. The lowest BCUT2D eigenvalue weighted by molar-refractivity contribution is 0.315. The molecule has 0 bridgehead atoms. The van der Waals surface area contributed by atoms with Crippen LogP contribution in [0.3, 0.4) is 0 Å². The summed E-state index contributed by atoms with van der Waals surface area (Å²) < 4.78 is 78.5. The minimum Gasteiger partial charge on any atom is -0.495 e. The number of halogens is 4. The number of methoxy groups -OCH3 is 1. The van der Waals surface area contributed by atoms with Gasteiger partial charge in [0, 0.05) is 22.9 Å². The molecule has 0 spiro atoms. The van der Waals surface area contributed by atoms with Gasteiger partial charge in [-0.15, -0.1) is 0 Å². The molecule has 1 atom stereocenters. The van der Waals surface area contributed by atoms with Gasteiger partial charge in [-0.2, -0.15) is 8.42 Å². The van der Waals surface area contributed by atoms with Gasteiger partial charge < -0.3 is 4.74 Å². The molecule has 228 valence electrons. The van der Waals surface area contributed by atoms with Crippen LogP contribution < -0.4 is 4.74 Å². The van der Waals surface area contributed by atoms with Crippen molar-refractivity contribution in [1.29, 1.82) is 0 Å². The number of fused-ring (bicyclic) bond motifs is 1. The highest BCUT2D eigenvalue weighted by Crippen LogP contribution is 2.42. The summed E-state index contributed by atoms with van der Waals surface area (Å²) in [6.07, 6.45) is 3.98. The van der Waals surface area contributed by atoms with E-state index in [1.54, 1.807) is 25.3 Å². The monoisotopic (exact) mass is 650 g/mol. The molecule has 1 unspecified atom stereocenters. The van der Waals surface area contributed by atoms with E-state index in [0.29, 0.717) is 33.6 Å². The summed E-state index contributed by atoms with van der Waals surface area (Å²) in [5.41, 5.74) is 3.83. The molecule has 4 aromatic rings. The van der Waals surface area contributed by atoms with Crippen molar-refractivity contribution >= 4 is 33.5 Å². The van der Waals surface area contributed by atoms with Gasteiger partial charge in [0.25, 0.3) is 10.1 Å². The number of nitrogens with zero attached hydrogens (tertiary/aromatic N) is 2. The van der Waals surface area contributed by atoms with Crippen LogP contribution in [-0.2, 0) is 32.9 Å². The van der Waals surface area contributed by atoms with Crippen LogP contribution in [0, 0.1) is 17.5 Å². The topological polar surface area (TPSA) is 70.4 Å². The summed E-state index contributed by atoms with van der Waals surface area (Å²) in [7, 11) is -2.01. The van der Waals surface area contributed by atoms with Gasteiger partial charge >= 0.3 is 0 Å². The summed E-state index contributed by atoms with van der Waals surface area (Å²) >= 11 is 7.50. The molecule has 3 aromatic carbocycles. The second-order valence-electron chi connectivity index (χ2n) is 10.3. The van der Waals surface area contributed by atoms with Crippen molar-refractivity contribution in [3.8, 4) is 11.4 Å². The maximum atomic E-state index is 15.1. The van der Waals surface area contributed by atoms with Gasteiger partial charge in [-0.3, -0.25) is 8.75 Å². The number of aromatic nitrogens is 2. The van der Waals surface area contributed by atoms with E-state index in [9.17, 15) is 12.8 Å². The van der Waals surface area contributed by atoms with Crippen molar-refractivity contribution in [2.24, 2.45) is 0 Å². The molecule has 0 saturated heterocycles. The highest BCUT2D eigenvalue weighted by atomic mass is 35.5. The zero-order valence-electron chi connectivity index (χ0n) is 23.6. The van der Waals surface area contributed by atoms with Gasteiger partial charge in [-0.05, 0) is 91.8 Å². The van der Waals surface area contributed by atoms with E-state index >= 15 is 8.78 Å². The standard InChI is InChI=1S/C31H30ClF3N2O4S2/c1-40-29-17-20(8-13-25(29)32)23-6-3-7-28-30(23)37(22-11-9-21(33)10-12-22)31(36-28)42-18-24-26(34)15-19(16-27(24)35)5-4-14-41-43(2,38)39/h8-13,15-17,23H,3-7,14,18H2,1-2H3. The van der Waals surface area contributed by atoms with Crippen molar-refractivity contribution in [2.75, 3.05) is 20.0 Å². The molecule has 12 heteroatoms. The van der Waals surface area contributed by atoms with Crippen LogP contribution in [0.5, 0.6) is 5.75 Å². The Bertz CT molecular complexity index is 1710. The Morgan fingerprint density at radius 1 is 1.07 bits per heavy atom. The lowest BCUT2D eigenvalue weighted by atomic mass is 9.84.